The molecule has 0 atom stereocenters. The van der Waals surface area contributed by atoms with Crippen molar-refractivity contribution in [2.24, 2.45) is 0 Å². The van der Waals surface area contributed by atoms with Gasteiger partial charge in [0.1, 0.15) is 11.5 Å². The molecule has 5 nitrogen and oxygen atoms in total. The van der Waals surface area contributed by atoms with Gasteiger partial charge < -0.3 is 11.1 Å². The van der Waals surface area contributed by atoms with E-state index in [9.17, 15) is 9.18 Å². The number of nitrogen functional groups attached to an aromatic ring is 1. The number of nitrogens with two attached hydrogens (primary N) is 1. The molecule has 1 amide bonds. The van der Waals surface area contributed by atoms with Crippen molar-refractivity contribution >= 4 is 28.3 Å². The van der Waals surface area contributed by atoms with Crippen molar-refractivity contribution in [3.8, 4) is 0 Å². The second-order valence-corrected chi connectivity index (χ2v) is 4.43. The number of amides is 1. The Balaban J connectivity index is 1.91. The van der Waals surface area contributed by atoms with Crippen LogP contribution in [0.15, 0.2) is 48.7 Å². The molecule has 3 aromatic rings. The molecule has 0 bridgehead atoms. The minimum absolute atomic E-state index is 0.136. The number of benzene rings is 2. The first kappa shape index (κ1) is 13.0. The molecule has 104 valence electrons. The average molecular weight is 282 g/mol. The molecule has 21 heavy (non-hydrogen) atoms. The lowest BCUT2D eigenvalue weighted by molar-refractivity contribution is 0.102. The third-order valence-electron chi connectivity index (χ3n) is 2.94. The highest BCUT2D eigenvalue weighted by atomic mass is 19.1. The van der Waals surface area contributed by atoms with Gasteiger partial charge in [-0.05, 0) is 30.3 Å². The monoisotopic (exact) mass is 282 g/mol. The molecule has 1 aromatic heterocycles. The van der Waals surface area contributed by atoms with E-state index in [1.54, 1.807) is 12.1 Å². The van der Waals surface area contributed by atoms with Gasteiger partial charge in [-0.2, -0.15) is 0 Å². The zero-order valence-electron chi connectivity index (χ0n) is 10.9. The van der Waals surface area contributed by atoms with E-state index in [0.29, 0.717) is 11.0 Å². The van der Waals surface area contributed by atoms with E-state index in [4.69, 9.17) is 5.73 Å². The number of halogens is 1. The van der Waals surface area contributed by atoms with Gasteiger partial charge in [0.2, 0.25) is 0 Å². The maximum absolute atomic E-state index is 13.2. The molecular weight excluding hydrogens is 271 g/mol. The molecule has 0 fully saturated rings. The number of rotatable bonds is 2. The normalized spacial score (nSPS) is 10.5. The Morgan fingerprint density at radius 3 is 2.71 bits per heavy atom. The molecule has 3 rings (SSSR count). The van der Waals surface area contributed by atoms with Crippen molar-refractivity contribution in [1.29, 1.82) is 0 Å². The van der Waals surface area contributed by atoms with E-state index in [2.05, 4.69) is 15.3 Å². The maximum Gasteiger partial charge on any atom is 0.275 e. The van der Waals surface area contributed by atoms with Gasteiger partial charge in [0.25, 0.3) is 5.91 Å². The van der Waals surface area contributed by atoms with Crippen LogP contribution in [0.1, 0.15) is 10.5 Å². The molecule has 6 heteroatoms. The quantitative estimate of drug-likeness (QED) is 0.708. The highest BCUT2D eigenvalue weighted by molar-refractivity contribution is 6.05. The summed E-state index contributed by atoms with van der Waals surface area (Å²) in [4.78, 5) is 20.5. The van der Waals surface area contributed by atoms with Crippen molar-refractivity contribution in [1.82, 2.24) is 9.97 Å². The van der Waals surface area contributed by atoms with Gasteiger partial charge in [-0.1, -0.05) is 12.1 Å². The van der Waals surface area contributed by atoms with Crippen molar-refractivity contribution in [2.75, 3.05) is 11.1 Å². The van der Waals surface area contributed by atoms with Crippen molar-refractivity contribution in [3.05, 3.63) is 60.2 Å². The average Bonchev–Trinajstić information content (AvgIpc) is 2.50. The Kier molecular flexibility index (Phi) is 3.19. The summed E-state index contributed by atoms with van der Waals surface area (Å²) < 4.78 is 13.2. The van der Waals surface area contributed by atoms with Crippen molar-refractivity contribution in [2.45, 2.75) is 0 Å². The molecule has 0 radical (unpaired) electrons. The minimum Gasteiger partial charge on any atom is -0.397 e. The topological polar surface area (TPSA) is 80.9 Å². The van der Waals surface area contributed by atoms with Crippen LogP contribution in [0.2, 0.25) is 0 Å². The second-order valence-electron chi connectivity index (χ2n) is 4.43. The third-order valence-corrected chi connectivity index (χ3v) is 2.94. The van der Waals surface area contributed by atoms with Crippen molar-refractivity contribution in [3.63, 3.8) is 0 Å². The highest BCUT2D eigenvalue weighted by Crippen LogP contribution is 2.20. The largest absolute Gasteiger partial charge is 0.397 e. The standard InChI is InChI=1S/C15H11FN4O/c16-9-5-6-10(17)13(7-9)20-15(21)14-8-18-11-3-1-2-4-12(11)19-14/h1-8H,17H2,(H,20,21). The number of nitrogens with one attached hydrogen (secondary N) is 1. The van der Waals surface area contributed by atoms with Crippen LogP contribution in [0.25, 0.3) is 11.0 Å². The lowest BCUT2D eigenvalue weighted by Gasteiger charge is -2.08. The molecule has 0 aliphatic carbocycles. The number of carbonyl (C=O) groups is 1. The SMILES string of the molecule is Nc1ccc(F)cc1NC(=O)c1cnc2ccccc2n1. The van der Waals surface area contributed by atoms with Gasteiger partial charge in [-0.25, -0.2) is 9.37 Å². The van der Waals surface area contributed by atoms with E-state index in [0.717, 1.165) is 6.07 Å². The predicted octanol–water partition coefficient (Wildman–Crippen LogP) is 2.60. The van der Waals surface area contributed by atoms with E-state index >= 15 is 0 Å². The molecule has 0 spiro atoms. The number of hydrogen-bond acceptors (Lipinski definition) is 4. The first-order valence-electron chi connectivity index (χ1n) is 6.21. The number of carbonyl (C=O) groups excluding carboxylic acids is 1. The fraction of sp³-hybridized carbons (Fsp3) is 0. The number of nitrogens with zero attached hydrogens (tertiary/aromatic N) is 2. The summed E-state index contributed by atoms with van der Waals surface area (Å²) in [5, 5.41) is 2.53. The summed E-state index contributed by atoms with van der Waals surface area (Å²) in [5.41, 5.74) is 7.61. The summed E-state index contributed by atoms with van der Waals surface area (Å²) in [7, 11) is 0. The molecule has 0 aliphatic heterocycles. The summed E-state index contributed by atoms with van der Waals surface area (Å²) in [6, 6.07) is 11.0. The molecule has 0 saturated carbocycles. The van der Waals surface area contributed by atoms with Gasteiger partial charge in [0.15, 0.2) is 0 Å². The summed E-state index contributed by atoms with van der Waals surface area (Å²) in [6.07, 6.45) is 1.37. The molecule has 3 N–H and O–H groups in total. The molecule has 0 saturated heterocycles. The Morgan fingerprint density at radius 1 is 1.14 bits per heavy atom. The van der Waals surface area contributed by atoms with Crippen LogP contribution in [0, 0.1) is 5.82 Å². The van der Waals surface area contributed by atoms with Gasteiger partial charge >= 0.3 is 0 Å². The van der Waals surface area contributed by atoms with Crippen LogP contribution in [-0.4, -0.2) is 15.9 Å². The Hall–Kier alpha value is -3.02. The number of aromatic nitrogens is 2. The van der Waals surface area contributed by atoms with Gasteiger partial charge in [-0.3, -0.25) is 9.78 Å². The fourth-order valence-electron chi connectivity index (χ4n) is 1.89. The van der Waals surface area contributed by atoms with Gasteiger partial charge in [0, 0.05) is 0 Å². The van der Waals surface area contributed by atoms with Gasteiger partial charge in [0.05, 0.1) is 28.6 Å². The third kappa shape index (κ3) is 2.64. The number of hydrogen-bond donors (Lipinski definition) is 2. The molecular formula is C15H11FN4O. The van der Waals surface area contributed by atoms with Crippen molar-refractivity contribution < 1.29 is 9.18 Å². The number of para-hydroxylation sites is 2. The smallest absolute Gasteiger partial charge is 0.275 e. The fourth-order valence-corrected chi connectivity index (χ4v) is 1.89. The predicted molar refractivity (Wildman–Crippen MR) is 78.3 cm³/mol. The van der Waals surface area contributed by atoms with E-state index in [-0.39, 0.29) is 17.1 Å². The second kappa shape index (κ2) is 5.16. The Labute approximate surface area is 119 Å². The lowest BCUT2D eigenvalue weighted by atomic mass is 10.2. The van der Waals surface area contributed by atoms with Crippen LogP contribution in [0.3, 0.4) is 0 Å². The van der Waals surface area contributed by atoms with Crippen LogP contribution in [-0.2, 0) is 0 Å². The summed E-state index contributed by atoms with van der Waals surface area (Å²) >= 11 is 0. The zero-order valence-corrected chi connectivity index (χ0v) is 10.9. The highest BCUT2D eigenvalue weighted by Gasteiger charge is 2.11. The Morgan fingerprint density at radius 2 is 1.90 bits per heavy atom. The molecule has 2 aromatic carbocycles. The Bertz CT molecular complexity index is 835. The number of fused-ring (bicyclic) bond motifs is 1. The lowest BCUT2D eigenvalue weighted by Crippen LogP contribution is -2.15. The minimum atomic E-state index is -0.495. The van der Waals surface area contributed by atoms with Crippen LogP contribution in [0.4, 0.5) is 15.8 Å². The number of anilines is 2. The molecule has 1 heterocycles. The summed E-state index contributed by atoms with van der Waals surface area (Å²) in [5.74, 6) is -0.977. The van der Waals surface area contributed by atoms with Crippen LogP contribution >= 0.6 is 0 Å². The molecule has 0 unspecified atom stereocenters. The van der Waals surface area contributed by atoms with E-state index in [1.165, 1.54) is 18.3 Å². The summed E-state index contributed by atoms with van der Waals surface area (Å²) in [6.45, 7) is 0. The van der Waals surface area contributed by atoms with E-state index in [1.807, 2.05) is 12.1 Å². The van der Waals surface area contributed by atoms with Crippen LogP contribution in [0.5, 0.6) is 0 Å². The molecule has 0 aliphatic rings. The van der Waals surface area contributed by atoms with E-state index < -0.39 is 11.7 Å². The first-order chi connectivity index (χ1) is 10.1. The maximum atomic E-state index is 13.2. The van der Waals surface area contributed by atoms with Crippen LogP contribution < -0.4 is 11.1 Å². The first-order valence-corrected chi connectivity index (χ1v) is 6.21. The zero-order chi connectivity index (χ0) is 14.8. The van der Waals surface area contributed by atoms with Gasteiger partial charge in [-0.15, -0.1) is 0 Å².